The third kappa shape index (κ3) is 10.6. The second kappa shape index (κ2) is 14.3. The predicted octanol–water partition coefficient (Wildman–Crippen LogP) is 3.89. The van der Waals surface area contributed by atoms with E-state index in [1.54, 1.807) is 12.1 Å². The summed E-state index contributed by atoms with van der Waals surface area (Å²) in [7, 11) is 0. The van der Waals surface area contributed by atoms with E-state index in [-0.39, 0.29) is 12.0 Å². The molecule has 1 amide bonds. The van der Waals surface area contributed by atoms with Crippen LogP contribution < -0.4 is 16.4 Å². The van der Waals surface area contributed by atoms with Crippen LogP contribution >= 0.6 is 12.6 Å². The quantitative estimate of drug-likeness (QED) is 0.257. The van der Waals surface area contributed by atoms with Gasteiger partial charge in [-0.1, -0.05) is 44.2 Å². The standard InChI is InChI=1S/C22H29N3O3S.C2HF3O2/c1-14(2)10-20(22(27)28)25-21(26)18-9-8-17(24-12-16(23)13-29)11-19(18)15-6-4-3-5-7-15;3-2(4,5)1(6)7/h3-9,11,14,16,20,24,29H,10,12-13,23H2,1-2H3,(H,25,26)(H,27,28);(H,6,7). The largest absolute Gasteiger partial charge is 0.490 e. The minimum atomic E-state index is -5.08. The minimum absolute atomic E-state index is 0.0890. The average Bonchev–Trinajstić information content (AvgIpc) is 2.81. The van der Waals surface area contributed by atoms with Gasteiger partial charge in [0.1, 0.15) is 6.04 Å². The lowest BCUT2D eigenvalue weighted by atomic mass is 9.97. The molecular formula is C24H30F3N3O5S. The zero-order chi connectivity index (χ0) is 27.5. The van der Waals surface area contributed by atoms with Crippen molar-refractivity contribution in [3.63, 3.8) is 0 Å². The van der Waals surface area contributed by atoms with Crippen LogP contribution in [0.4, 0.5) is 18.9 Å². The van der Waals surface area contributed by atoms with Crippen LogP contribution in [0.5, 0.6) is 0 Å². The van der Waals surface area contributed by atoms with Gasteiger partial charge in [0.25, 0.3) is 5.91 Å². The molecular weight excluding hydrogens is 499 g/mol. The number of aliphatic carboxylic acids is 2. The Balaban J connectivity index is 0.000000809. The number of anilines is 1. The first-order valence-corrected chi connectivity index (χ1v) is 11.5. The van der Waals surface area contributed by atoms with E-state index in [1.165, 1.54) is 0 Å². The number of carbonyl (C=O) groups excluding carboxylic acids is 1. The molecule has 2 aromatic carbocycles. The molecule has 198 valence electrons. The Morgan fingerprint density at radius 3 is 2.11 bits per heavy atom. The maximum atomic E-state index is 12.9. The molecule has 0 aliphatic heterocycles. The first kappa shape index (κ1) is 30.8. The lowest BCUT2D eigenvalue weighted by molar-refractivity contribution is -0.192. The van der Waals surface area contributed by atoms with Crippen molar-refractivity contribution in [2.45, 2.75) is 38.5 Å². The third-order valence-corrected chi connectivity index (χ3v) is 5.17. The van der Waals surface area contributed by atoms with Gasteiger partial charge < -0.3 is 26.6 Å². The van der Waals surface area contributed by atoms with Crippen LogP contribution in [0.1, 0.15) is 30.6 Å². The first-order valence-electron chi connectivity index (χ1n) is 10.9. The van der Waals surface area contributed by atoms with Gasteiger partial charge in [-0.05, 0) is 41.7 Å². The highest BCUT2D eigenvalue weighted by molar-refractivity contribution is 7.80. The van der Waals surface area contributed by atoms with Gasteiger partial charge in [0.15, 0.2) is 0 Å². The molecule has 0 fully saturated rings. The third-order valence-electron chi connectivity index (χ3n) is 4.70. The lowest BCUT2D eigenvalue weighted by Crippen LogP contribution is -2.41. The molecule has 0 spiro atoms. The number of halogens is 3. The molecule has 0 radical (unpaired) electrons. The Morgan fingerprint density at radius 1 is 1.06 bits per heavy atom. The van der Waals surface area contributed by atoms with Crippen LogP contribution in [0.3, 0.4) is 0 Å². The van der Waals surface area contributed by atoms with Crippen molar-refractivity contribution in [3.05, 3.63) is 54.1 Å². The number of carboxylic acid groups (broad SMARTS) is 2. The van der Waals surface area contributed by atoms with Crippen molar-refractivity contribution < 1.29 is 37.8 Å². The van der Waals surface area contributed by atoms with E-state index in [2.05, 4.69) is 23.3 Å². The fraction of sp³-hybridized carbons (Fsp3) is 0.375. The van der Waals surface area contributed by atoms with E-state index >= 15 is 0 Å². The van der Waals surface area contributed by atoms with Crippen LogP contribution in [0.25, 0.3) is 11.1 Å². The van der Waals surface area contributed by atoms with E-state index in [4.69, 9.17) is 15.6 Å². The summed E-state index contributed by atoms with van der Waals surface area (Å²) in [5.74, 6) is -3.49. The van der Waals surface area contributed by atoms with Gasteiger partial charge in [-0.3, -0.25) is 4.79 Å². The molecule has 2 aromatic rings. The Kier molecular flexibility index (Phi) is 12.3. The van der Waals surface area contributed by atoms with Crippen LogP contribution in [-0.4, -0.2) is 58.6 Å². The van der Waals surface area contributed by atoms with Gasteiger partial charge in [0.2, 0.25) is 0 Å². The molecule has 12 heteroatoms. The highest BCUT2D eigenvalue weighted by atomic mass is 32.1. The molecule has 2 atom stereocenters. The Morgan fingerprint density at radius 2 is 1.64 bits per heavy atom. The molecule has 2 unspecified atom stereocenters. The summed E-state index contributed by atoms with van der Waals surface area (Å²) >= 11 is 4.19. The highest BCUT2D eigenvalue weighted by Crippen LogP contribution is 2.27. The van der Waals surface area contributed by atoms with Crippen LogP contribution in [0.2, 0.25) is 0 Å². The molecule has 2 rings (SSSR count). The number of carboxylic acids is 2. The van der Waals surface area contributed by atoms with Gasteiger partial charge >= 0.3 is 18.1 Å². The summed E-state index contributed by atoms with van der Waals surface area (Å²) in [4.78, 5) is 33.4. The number of alkyl halides is 3. The molecule has 0 heterocycles. The summed E-state index contributed by atoms with van der Waals surface area (Å²) in [5, 5.41) is 22.5. The number of hydrogen-bond donors (Lipinski definition) is 6. The molecule has 8 nitrogen and oxygen atoms in total. The summed E-state index contributed by atoms with van der Waals surface area (Å²) < 4.78 is 31.7. The fourth-order valence-corrected chi connectivity index (χ4v) is 3.08. The van der Waals surface area contributed by atoms with Crippen molar-refractivity contribution in [3.8, 4) is 11.1 Å². The van der Waals surface area contributed by atoms with Crippen molar-refractivity contribution in [2.75, 3.05) is 17.6 Å². The number of rotatable bonds is 10. The van der Waals surface area contributed by atoms with Gasteiger partial charge in [0.05, 0.1) is 0 Å². The minimum Gasteiger partial charge on any atom is -0.480 e. The Labute approximate surface area is 212 Å². The number of thiol groups is 1. The number of carbonyl (C=O) groups is 3. The predicted molar refractivity (Wildman–Crippen MR) is 134 cm³/mol. The SMILES string of the molecule is CC(C)CC(NC(=O)c1ccc(NCC(N)CS)cc1-c1ccccc1)C(=O)O.O=C(O)C(F)(F)F. The van der Waals surface area contributed by atoms with E-state index in [1.807, 2.05) is 50.2 Å². The normalized spacial score (nSPS) is 12.7. The number of hydrogen-bond acceptors (Lipinski definition) is 6. The maximum absolute atomic E-state index is 12.9. The maximum Gasteiger partial charge on any atom is 0.490 e. The van der Waals surface area contributed by atoms with E-state index in [9.17, 15) is 27.9 Å². The van der Waals surface area contributed by atoms with Gasteiger partial charge in [-0.25, -0.2) is 9.59 Å². The number of nitrogens with two attached hydrogens (primary N) is 1. The molecule has 0 aliphatic carbocycles. The number of nitrogens with one attached hydrogen (secondary N) is 2. The zero-order valence-electron chi connectivity index (χ0n) is 19.7. The van der Waals surface area contributed by atoms with Crippen LogP contribution in [-0.2, 0) is 9.59 Å². The van der Waals surface area contributed by atoms with Gasteiger partial charge in [-0.2, -0.15) is 25.8 Å². The van der Waals surface area contributed by atoms with E-state index in [0.717, 1.165) is 16.8 Å². The number of benzene rings is 2. The molecule has 0 aliphatic rings. The Bertz CT molecular complexity index is 1020. The summed E-state index contributed by atoms with van der Waals surface area (Å²) in [5.41, 5.74) is 8.76. The first-order chi connectivity index (χ1) is 16.8. The van der Waals surface area contributed by atoms with Crippen LogP contribution in [0.15, 0.2) is 48.5 Å². The summed E-state index contributed by atoms with van der Waals surface area (Å²) in [6.45, 7) is 4.40. The average molecular weight is 530 g/mol. The summed E-state index contributed by atoms with van der Waals surface area (Å²) in [6.07, 6.45) is -4.72. The highest BCUT2D eigenvalue weighted by Gasteiger charge is 2.38. The fourth-order valence-electron chi connectivity index (χ4n) is 2.95. The van der Waals surface area contributed by atoms with Gasteiger partial charge in [-0.15, -0.1) is 0 Å². The summed E-state index contributed by atoms with van der Waals surface area (Å²) in [6, 6.07) is 13.9. The Hall–Kier alpha value is -3.25. The van der Waals surface area contributed by atoms with Crippen LogP contribution in [0, 0.1) is 5.92 Å². The monoisotopic (exact) mass is 529 g/mol. The molecule has 0 aromatic heterocycles. The molecule has 0 saturated heterocycles. The molecule has 36 heavy (non-hydrogen) atoms. The lowest BCUT2D eigenvalue weighted by Gasteiger charge is -2.19. The second-order valence-corrected chi connectivity index (χ2v) is 8.61. The smallest absolute Gasteiger partial charge is 0.480 e. The van der Waals surface area contributed by atoms with Crippen molar-refractivity contribution in [1.82, 2.24) is 5.32 Å². The molecule has 0 bridgehead atoms. The van der Waals surface area contributed by atoms with Crippen molar-refractivity contribution >= 4 is 36.2 Å². The zero-order valence-corrected chi connectivity index (χ0v) is 20.6. The number of amides is 1. The van der Waals surface area contributed by atoms with Crippen molar-refractivity contribution in [1.29, 1.82) is 0 Å². The second-order valence-electron chi connectivity index (χ2n) is 8.25. The van der Waals surface area contributed by atoms with Crippen molar-refractivity contribution in [2.24, 2.45) is 11.7 Å². The van der Waals surface area contributed by atoms with E-state index < -0.39 is 30.1 Å². The topological polar surface area (TPSA) is 142 Å². The molecule has 0 saturated carbocycles. The molecule has 6 N–H and O–H groups in total. The van der Waals surface area contributed by atoms with E-state index in [0.29, 0.717) is 24.3 Å². The van der Waals surface area contributed by atoms with Gasteiger partial charge in [0, 0.05) is 29.6 Å².